The van der Waals surface area contributed by atoms with Crippen molar-refractivity contribution in [1.82, 2.24) is 9.55 Å². The number of hydrogen-bond donors (Lipinski definition) is 1. The first-order chi connectivity index (χ1) is 8.20. The first-order valence-electron chi connectivity index (χ1n) is 6.05. The molecule has 1 N–H and O–H groups in total. The smallest absolute Gasteiger partial charge is 0.313 e. The van der Waals surface area contributed by atoms with E-state index in [1.54, 1.807) is 6.20 Å². The van der Waals surface area contributed by atoms with Crippen molar-refractivity contribution in [3.8, 4) is 0 Å². The van der Waals surface area contributed by atoms with Crippen molar-refractivity contribution in [3.05, 3.63) is 12.4 Å². The summed E-state index contributed by atoms with van der Waals surface area (Å²) in [5.74, 6) is 0.225. The van der Waals surface area contributed by atoms with Gasteiger partial charge in [-0.2, -0.15) is 0 Å². The highest BCUT2D eigenvalue weighted by molar-refractivity contribution is 7.99. The van der Waals surface area contributed by atoms with Crippen LogP contribution in [-0.4, -0.2) is 26.4 Å². The molecule has 0 saturated heterocycles. The monoisotopic (exact) mass is 252 g/mol. The number of aliphatic carboxylic acids is 1. The Kier molecular flexibility index (Phi) is 2.65. The summed E-state index contributed by atoms with van der Waals surface area (Å²) in [5, 5.41) is 9.54. The Labute approximate surface area is 104 Å². The van der Waals surface area contributed by atoms with E-state index in [0.29, 0.717) is 5.41 Å². The number of carboxylic acid groups (broad SMARTS) is 1. The highest BCUT2D eigenvalue weighted by Crippen LogP contribution is 2.62. The van der Waals surface area contributed by atoms with Crippen LogP contribution in [-0.2, 0) is 11.3 Å². The highest BCUT2D eigenvalue weighted by atomic mass is 32.2. The normalized spacial score (nSPS) is 21.4. The Morgan fingerprint density at radius 1 is 1.59 bits per heavy atom. The molecular formula is C12H16N2O2S. The third-order valence-corrected chi connectivity index (χ3v) is 4.81. The molecule has 0 atom stereocenters. The van der Waals surface area contributed by atoms with E-state index in [4.69, 9.17) is 5.11 Å². The summed E-state index contributed by atoms with van der Waals surface area (Å²) in [5.41, 5.74) is 0.527. The van der Waals surface area contributed by atoms with Crippen molar-refractivity contribution in [1.29, 1.82) is 0 Å². The lowest BCUT2D eigenvalue weighted by Crippen LogP contribution is -2.14. The molecule has 0 amide bonds. The van der Waals surface area contributed by atoms with Crippen LogP contribution in [0, 0.1) is 11.3 Å². The number of thioether (sulfide) groups is 1. The molecule has 4 nitrogen and oxygen atoms in total. The van der Waals surface area contributed by atoms with Crippen molar-refractivity contribution in [2.24, 2.45) is 11.3 Å². The maximum absolute atomic E-state index is 10.6. The van der Waals surface area contributed by atoms with Gasteiger partial charge in [0.15, 0.2) is 5.16 Å². The lowest BCUT2D eigenvalue weighted by molar-refractivity contribution is -0.133. The van der Waals surface area contributed by atoms with E-state index in [2.05, 4.69) is 9.55 Å². The summed E-state index contributed by atoms with van der Waals surface area (Å²) in [7, 11) is 0. The summed E-state index contributed by atoms with van der Waals surface area (Å²) in [6, 6.07) is 0. The molecule has 5 heteroatoms. The molecule has 0 radical (unpaired) electrons. The van der Waals surface area contributed by atoms with Crippen LogP contribution in [0.5, 0.6) is 0 Å². The number of imidazole rings is 1. The average Bonchev–Trinajstić information content (AvgIpc) is 3.15. The Morgan fingerprint density at radius 3 is 2.94 bits per heavy atom. The fraction of sp³-hybridized carbons (Fsp3) is 0.667. The molecule has 92 valence electrons. The van der Waals surface area contributed by atoms with E-state index in [0.717, 1.165) is 17.6 Å². The van der Waals surface area contributed by atoms with Crippen molar-refractivity contribution in [3.63, 3.8) is 0 Å². The van der Waals surface area contributed by atoms with Gasteiger partial charge in [-0.05, 0) is 37.0 Å². The minimum atomic E-state index is -0.784. The van der Waals surface area contributed by atoms with Crippen LogP contribution in [0.1, 0.15) is 25.7 Å². The van der Waals surface area contributed by atoms with Crippen LogP contribution in [0.25, 0.3) is 0 Å². The third kappa shape index (κ3) is 2.34. The zero-order chi connectivity index (χ0) is 11.9. The molecule has 0 aromatic carbocycles. The van der Waals surface area contributed by atoms with Gasteiger partial charge < -0.3 is 9.67 Å². The van der Waals surface area contributed by atoms with E-state index >= 15 is 0 Å². The Morgan fingerprint density at radius 2 is 2.35 bits per heavy atom. The van der Waals surface area contributed by atoms with Gasteiger partial charge in [0, 0.05) is 18.9 Å². The molecule has 2 aliphatic rings. The minimum absolute atomic E-state index is 0.0907. The molecular weight excluding hydrogens is 236 g/mol. The van der Waals surface area contributed by atoms with E-state index in [1.165, 1.54) is 37.4 Å². The van der Waals surface area contributed by atoms with E-state index in [-0.39, 0.29) is 5.75 Å². The second kappa shape index (κ2) is 4.05. The number of carbonyl (C=O) groups is 1. The van der Waals surface area contributed by atoms with Crippen molar-refractivity contribution >= 4 is 17.7 Å². The second-order valence-electron chi connectivity index (χ2n) is 5.16. The molecule has 2 saturated carbocycles. The van der Waals surface area contributed by atoms with Crippen LogP contribution in [0.15, 0.2) is 17.6 Å². The predicted molar refractivity (Wildman–Crippen MR) is 65.0 cm³/mol. The number of aromatic nitrogens is 2. The van der Waals surface area contributed by atoms with Gasteiger partial charge in [-0.15, -0.1) is 0 Å². The molecule has 1 heterocycles. The molecule has 1 aromatic rings. The predicted octanol–water partition coefficient (Wildman–Crippen LogP) is 2.25. The van der Waals surface area contributed by atoms with Gasteiger partial charge in [0.05, 0.1) is 5.75 Å². The quantitative estimate of drug-likeness (QED) is 0.789. The standard InChI is InChI=1S/C12H16N2O2S/c15-10(16)7-17-11-13-5-6-14(11)8-12(3-4-12)9-1-2-9/h5-6,9H,1-4,7-8H2,(H,15,16). The van der Waals surface area contributed by atoms with Crippen LogP contribution in [0.2, 0.25) is 0 Å². The molecule has 1 aromatic heterocycles. The molecule has 0 bridgehead atoms. The summed E-state index contributed by atoms with van der Waals surface area (Å²) >= 11 is 1.31. The highest BCUT2D eigenvalue weighted by Gasteiger charge is 2.53. The number of rotatable bonds is 6. The van der Waals surface area contributed by atoms with Crippen LogP contribution in [0.4, 0.5) is 0 Å². The number of carboxylic acids is 1. The lowest BCUT2D eigenvalue weighted by atomic mass is 10.0. The van der Waals surface area contributed by atoms with Crippen LogP contribution >= 0.6 is 11.8 Å². The number of nitrogens with zero attached hydrogens (tertiary/aromatic N) is 2. The van der Waals surface area contributed by atoms with Crippen LogP contribution < -0.4 is 0 Å². The fourth-order valence-electron chi connectivity index (χ4n) is 2.57. The molecule has 0 spiro atoms. The van der Waals surface area contributed by atoms with Gasteiger partial charge in [0.25, 0.3) is 0 Å². The van der Waals surface area contributed by atoms with Crippen molar-refractivity contribution < 1.29 is 9.90 Å². The average molecular weight is 252 g/mol. The van der Waals surface area contributed by atoms with Crippen molar-refractivity contribution in [2.75, 3.05) is 5.75 Å². The summed E-state index contributed by atoms with van der Waals surface area (Å²) < 4.78 is 2.14. The summed E-state index contributed by atoms with van der Waals surface area (Å²) in [6.07, 6.45) is 9.18. The van der Waals surface area contributed by atoms with Gasteiger partial charge in [0.2, 0.25) is 0 Å². The SMILES string of the molecule is O=C(O)CSc1nccn1CC1(C2CC2)CC1. The maximum Gasteiger partial charge on any atom is 0.313 e. The number of hydrogen-bond acceptors (Lipinski definition) is 3. The fourth-order valence-corrected chi connectivity index (χ4v) is 3.25. The largest absolute Gasteiger partial charge is 0.481 e. The molecule has 2 aliphatic carbocycles. The summed E-state index contributed by atoms with van der Waals surface area (Å²) in [4.78, 5) is 14.8. The first-order valence-corrected chi connectivity index (χ1v) is 7.04. The Balaban J connectivity index is 1.66. The molecule has 3 rings (SSSR count). The Hall–Kier alpha value is -0.970. The van der Waals surface area contributed by atoms with Gasteiger partial charge in [0.1, 0.15) is 0 Å². The molecule has 2 fully saturated rings. The third-order valence-electron chi connectivity index (χ3n) is 3.82. The van der Waals surface area contributed by atoms with Gasteiger partial charge in [-0.25, -0.2) is 4.98 Å². The van der Waals surface area contributed by atoms with Gasteiger partial charge >= 0.3 is 5.97 Å². The topological polar surface area (TPSA) is 55.1 Å². The first kappa shape index (κ1) is 11.1. The minimum Gasteiger partial charge on any atom is -0.481 e. The zero-order valence-corrected chi connectivity index (χ0v) is 10.4. The zero-order valence-electron chi connectivity index (χ0n) is 9.63. The lowest BCUT2D eigenvalue weighted by Gasteiger charge is -2.16. The summed E-state index contributed by atoms with van der Waals surface area (Å²) in [6.45, 7) is 1.03. The molecule has 17 heavy (non-hydrogen) atoms. The van der Waals surface area contributed by atoms with E-state index in [1.807, 2.05) is 6.20 Å². The van der Waals surface area contributed by atoms with Crippen LogP contribution in [0.3, 0.4) is 0 Å². The van der Waals surface area contributed by atoms with Gasteiger partial charge in [-0.3, -0.25) is 4.79 Å². The maximum atomic E-state index is 10.6. The van der Waals surface area contributed by atoms with Gasteiger partial charge in [-0.1, -0.05) is 11.8 Å². The molecule has 0 aliphatic heterocycles. The van der Waals surface area contributed by atoms with E-state index in [9.17, 15) is 4.79 Å². The Bertz CT molecular complexity index is 435. The second-order valence-corrected chi connectivity index (χ2v) is 6.10. The van der Waals surface area contributed by atoms with Crippen molar-refractivity contribution in [2.45, 2.75) is 37.4 Å². The molecule has 0 unspecified atom stereocenters. The van der Waals surface area contributed by atoms with E-state index < -0.39 is 5.97 Å².